The summed E-state index contributed by atoms with van der Waals surface area (Å²) in [6.07, 6.45) is -2.26. The van der Waals surface area contributed by atoms with Crippen LogP contribution in [0.5, 0.6) is 0 Å². The molecule has 0 aliphatic rings. The van der Waals surface area contributed by atoms with Gasteiger partial charge in [-0.2, -0.15) is 13.2 Å². The molecule has 0 bridgehead atoms. The molecule has 3 aromatic carbocycles. The molecule has 0 atom stereocenters. The third-order valence-corrected chi connectivity index (χ3v) is 5.76. The molecule has 0 aliphatic carbocycles. The summed E-state index contributed by atoms with van der Waals surface area (Å²) in [6.45, 7) is 6.06. The molecule has 5 heteroatoms. The lowest BCUT2D eigenvalue weighted by Gasteiger charge is -2.24. The van der Waals surface area contributed by atoms with Gasteiger partial charge < -0.3 is 5.11 Å². The third kappa shape index (κ3) is 5.21. The maximum absolute atomic E-state index is 13.6. The average molecular weight is 445 g/mol. The summed E-state index contributed by atoms with van der Waals surface area (Å²) in [6, 6.07) is 13.5. The molecule has 0 saturated carbocycles. The maximum Gasteiger partial charge on any atom is 0.416 e. The van der Waals surface area contributed by atoms with Crippen LogP contribution in [0.3, 0.4) is 0 Å². The summed E-state index contributed by atoms with van der Waals surface area (Å²) in [5.41, 5.74) is 5.59. The van der Waals surface area contributed by atoms with E-state index in [2.05, 4.69) is 26.8 Å². The summed E-state index contributed by atoms with van der Waals surface area (Å²) in [5, 5.41) is 10.3. The summed E-state index contributed by atoms with van der Waals surface area (Å²) in [4.78, 5) is 0. The van der Waals surface area contributed by atoms with Gasteiger partial charge in [0, 0.05) is 0 Å². The van der Waals surface area contributed by atoms with E-state index in [0.29, 0.717) is 6.42 Å². The topological polar surface area (TPSA) is 20.2 Å². The van der Waals surface area contributed by atoms with Crippen LogP contribution in [0.1, 0.15) is 66.5 Å². The second-order valence-corrected chi connectivity index (χ2v) is 8.40. The van der Waals surface area contributed by atoms with Crippen molar-refractivity contribution < 1.29 is 22.7 Å². The molecule has 0 aromatic heterocycles. The minimum atomic E-state index is -4.38. The zero-order valence-corrected chi connectivity index (χ0v) is 18.6. The van der Waals surface area contributed by atoms with Crippen molar-refractivity contribution in [2.45, 2.75) is 58.7 Å². The predicted molar refractivity (Wildman–Crippen MR) is 120 cm³/mol. The second-order valence-electron chi connectivity index (χ2n) is 8.40. The van der Waals surface area contributed by atoms with Crippen LogP contribution in [0.4, 0.5) is 17.6 Å². The molecule has 0 amide bonds. The summed E-state index contributed by atoms with van der Waals surface area (Å²) < 4.78 is 52.6. The van der Waals surface area contributed by atoms with Crippen molar-refractivity contribution in [3.8, 4) is 11.1 Å². The molecule has 3 rings (SSSR count). The van der Waals surface area contributed by atoms with Crippen LogP contribution in [-0.2, 0) is 25.6 Å². The molecule has 0 radical (unpaired) electrons. The zero-order valence-electron chi connectivity index (χ0n) is 18.6. The predicted octanol–water partition coefficient (Wildman–Crippen LogP) is 7.67. The van der Waals surface area contributed by atoms with Crippen LogP contribution in [0, 0.1) is 5.82 Å². The number of halogens is 4. The van der Waals surface area contributed by atoms with Crippen molar-refractivity contribution in [2.24, 2.45) is 0 Å². The number of hydrogen-bond acceptors (Lipinski definition) is 1. The second kappa shape index (κ2) is 9.86. The van der Waals surface area contributed by atoms with Crippen LogP contribution < -0.4 is 0 Å². The summed E-state index contributed by atoms with van der Waals surface area (Å²) in [5.74, 6) is -0.181. The molecule has 0 fully saturated rings. The fraction of sp³-hybridized carbons (Fsp3) is 0.333. The van der Waals surface area contributed by atoms with E-state index in [9.17, 15) is 22.7 Å². The Morgan fingerprint density at radius 3 is 2.03 bits per heavy atom. The van der Waals surface area contributed by atoms with Crippen molar-refractivity contribution in [1.29, 1.82) is 0 Å². The van der Waals surface area contributed by atoms with Gasteiger partial charge in [0.15, 0.2) is 0 Å². The fourth-order valence-electron chi connectivity index (χ4n) is 4.21. The number of rotatable bonds is 7. The molecule has 3 aromatic rings. The van der Waals surface area contributed by atoms with E-state index >= 15 is 0 Å². The molecule has 0 heterocycles. The smallest absolute Gasteiger partial charge is 0.392 e. The Morgan fingerprint density at radius 2 is 1.53 bits per heavy atom. The van der Waals surface area contributed by atoms with E-state index in [1.54, 1.807) is 12.1 Å². The normalized spacial score (nSPS) is 11.9. The quantitative estimate of drug-likeness (QED) is 0.371. The molecule has 0 unspecified atom stereocenters. The Labute approximate surface area is 186 Å². The van der Waals surface area contributed by atoms with E-state index in [0.717, 1.165) is 63.9 Å². The zero-order chi connectivity index (χ0) is 23.5. The van der Waals surface area contributed by atoms with Gasteiger partial charge >= 0.3 is 6.18 Å². The first-order chi connectivity index (χ1) is 15.2. The van der Waals surface area contributed by atoms with E-state index in [-0.39, 0.29) is 18.3 Å². The average Bonchev–Trinajstić information content (AvgIpc) is 2.74. The summed E-state index contributed by atoms with van der Waals surface area (Å²) >= 11 is 0. The van der Waals surface area contributed by atoms with Gasteiger partial charge in [-0.1, -0.05) is 57.5 Å². The first-order valence-corrected chi connectivity index (χ1v) is 10.9. The maximum atomic E-state index is 13.6. The molecule has 0 spiro atoms. The lowest BCUT2D eigenvalue weighted by Crippen LogP contribution is -2.09. The number of aliphatic hydroxyl groups excluding tert-OH is 1. The van der Waals surface area contributed by atoms with Crippen LogP contribution in [0.2, 0.25) is 0 Å². The van der Waals surface area contributed by atoms with Crippen molar-refractivity contribution in [3.63, 3.8) is 0 Å². The number of benzene rings is 3. The lowest BCUT2D eigenvalue weighted by molar-refractivity contribution is -0.137. The van der Waals surface area contributed by atoms with E-state index < -0.39 is 11.7 Å². The number of aliphatic hydroxyl groups is 1. The Morgan fingerprint density at radius 1 is 0.906 bits per heavy atom. The van der Waals surface area contributed by atoms with Crippen LogP contribution in [0.25, 0.3) is 11.1 Å². The first kappa shape index (κ1) is 24.0. The van der Waals surface area contributed by atoms with Gasteiger partial charge in [0.25, 0.3) is 0 Å². The van der Waals surface area contributed by atoms with E-state index in [4.69, 9.17) is 0 Å². The Balaban J connectivity index is 2.23. The van der Waals surface area contributed by atoms with Gasteiger partial charge in [-0.15, -0.1) is 0 Å². The van der Waals surface area contributed by atoms with Crippen LogP contribution in [-0.4, -0.2) is 5.11 Å². The Kier molecular flexibility index (Phi) is 7.40. The van der Waals surface area contributed by atoms with Crippen molar-refractivity contribution in [2.75, 3.05) is 0 Å². The number of aryl methyl sites for hydroxylation is 1. The summed E-state index contributed by atoms with van der Waals surface area (Å²) in [7, 11) is 0. The molecule has 0 aliphatic heterocycles. The minimum absolute atomic E-state index is 0.166. The van der Waals surface area contributed by atoms with Crippen molar-refractivity contribution >= 4 is 0 Å². The Hall–Kier alpha value is -2.66. The third-order valence-electron chi connectivity index (χ3n) is 5.76. The van der Waals surface area contributed by atoms with Gasteiger partial charge in [-0.3, -0.25) is 0 Å². The van der Waals surface area contributed by atoms with Gasteiger partial charge in [0.05, 0.1) is 12.2 Å². The number of alkyl halides is 3. The monoisotopic (exact) mass is 444 g/mol. The highest BCUT2D eigenvalue weighted by molar-refractivity contribution is 5.75. The molecule has 0 saturated heterocycles. The SMILES string of the molecule is CCCc1cc(C(C)C)c(Cc2ccc(C(F)(F)F)cc2)c(-c2ccc(F)cc2)c1CO. The van der Waals surface area contributed by atoms with Crippen molar-refractivity contribution in [3.05, 3.63) is 93.8 Å². The van der Waals surface area contributed by atoms with Crippen molar-refractivity contribution in [1.82, 2.24) is 0 Å². The Bertz CT molecular complexity index is 1050. The fourth-order valence-corrected chi connectivity index (χ4v) is 4.21. The highest BCUT2D eigenvalue weighted by atomic mass is 19.4. The van der Waals surface area contributed by atoms with E-state index in [1.165, 1.54) is 24.3 Å². The molecule has 1 N–H and O–H groups in total. The highest BCUT2D eigenvalue weighted by Gasteiger charge is 2.30. The standard InChI is InChI=1S/C27H28F4O/c1-4-5-20-15-23(17(2)3)24(14-18-6-10-21(11-7-18)27(29,30)31)26(25(20)16-32)19-8-12-22(28)13-9-19/h6-13,15,17,32H,4-5,14,16H2,1-3H3. The molecular formula is C27H28F4O. The molecular weight excluding hydrogens is 416 g/mol. The van der Waals surface area contributed by atoms with Gasteiger partial charge in [-0.25, -0.2) is 4.39 Å². The van der Waals surface area contributed by atoms with Crippen LogP contribution >= 0.6 is 0 Å². The van der Waals surface area contributed by atoms with Crippen LogP contribution in [0.15, 0.2) is 54.6 Å². The molecule has 1 nitrogen and oxygen atoms in total. The lowest BCUT2D eigenvalue weighted by atomic mass is 9.81. The highest BCUT2D eigenvalue weighted by Crippen LogP contribution is 2.38. The molecule has 170 valence electrons. The van der Waals surface area contributed by atoms with Gasteiger partial charge in [-0.05, 0) is 82.0 Å². The molecule has 32 heavy (non-hydrogen) atoms. The minimum Gasteiger partial charge on any atom is -0.392 e. The van der Waals surface area contributed by atoms with E-state index in [1.807, 2.05) is 0 Å². The van der Waals surface area contributed by atoms with Gasteiger partial charge in [0.2, 0.25) is 0 Å². The van der Waals surface area contributed by atoms with Gasteiger partial charge in [0.1, 0.15) is 5.82 Å². The first-order valence-electron chi connectivity index (χ1n) is 10.9. The largest absolute Gasteiger partial charge is 0.416 e. The number of hydrogen-bond donors (Lipinski definition) is 1.